The predicted molar refractivity (Wildman–Crippen MR) is 119 cm³/mol. The van der Waals surface area contributed by atoms with Crippen LogP contribution in [0.15, 0.2) is 53.3 Å². The molecule has 0 radical (unpaired) electrons. The van der Waals surface area contributed by atoms with E-state index < -0.39 is 21.5 Å². The lowest BCUT2D eigenvalue weighted by Crippen LogP contribution is -2.45. The number of nitrogens with one attached hydrogen (secondary N) is 1. The first-order valence-corrected chi connectivity index (χ1v) is 12.5. The number of aromatic nitrogens is 1. The van der Waals surface area contributed by atoms with E-state index in [1.165, 1.54) is 6.26 Å². The topological polar surface area (TPSA) is 122 Å². The molecule has 32 heavy (non-hydrogen) atoms. The number of nitrogens with zero attached hydrogens (tertiary/aromatic N) is 2. The Kier molecular flexibility index (Phi) is 8.43. The van der Waals surface area contributed by atoms with E-state index in [0.29, 0.717) is 31.3 Å². The lowest BCUT2D eigenvalue weighted by atomic mass is 10.1. The summed E-state index contributed by atoms with van der Waals surface area (Å²) in [6, 6.07) is 6.77. The molecule has 9 nitrogen and oxygen atoms in total. The molecule has 2 aromatic heterocycles. The second-order valence-corrected chi connectivity index (χ2v) is 9.99. The highest BCUT2D eigenvalue weighted by atomic mass is 32.2. The van der Waals surface area contributed by atoms with Crippen LogP contribution in [0, 0.1) is 5.21 Å². The number of ether oxygens (including phenoxy) is 1. The molecular formula is C22H29N3O6S. The third-order valence-electron chi connectivity index (χ3n) is 5.11. The van der Waals surface area contributed by atoms with Crippen LogP contribution in [0.3, 0.4) is 0 Å². The Morgan fingerprint density at radius 3 is 2.81 bits per heavy atom. The Balaban J connectivity index is 1.36. The molecule has 10 heteroatoms. The summed E-state index contributed by atoms with van der Waals surface area (Å²) in [5.74, 6) is -0.757. The summed E-state index contributed by atoms with van der Waals surface area (Å²) < 4.78 is 34.4. The number of rotatable bonds is 11. The summed E-state index contributed by atoms with van der Waals surface area (Å²) >= 11 is 0. The molecule has 174 valence electrons. The summed E-state index contributed by atoms with van der Waals surface area (Å²) in [5, 5.41) is 15.3. The molecule has 0 atom stereocenters. The molecule has 1 fully saturated rings. The van der Waals surface area contributed by atoms with Crippen molar-refractivity contribution in [2.75, 3.05) is 32.0 Å². The van der Waals surface area contributed by atoms with Crippen molar-refractivity contribution in [3.63, 3.8) is 0 Å². The molecule has 1 saturated heterocycles. The van der Waals surface area contributed by atoms with Gasteiger partial charge in [-0.2, -0.15) is 0 Å². The van der Waals surface area contributed by atoms with E-state index in [9.17, 15) is 18.4 Å². The molecule has 0 aliphatic carbocycles. The first-order chi connectivity index (χ1) is 15.3. The molecule has 0 aromatic carbocycles. The number of furan rings is 1. The molecule has 1 aliphatic rings. The summed E-state index contributed by atoms with van der Waals surface area (Å²) in [6.07, 6.45) is 9.46. The summed E-state index contributed by atoms with van der Waals surface area (Å²) in [5.41, 5.74) is 0.902. The molecule has 1 amide bonds. The smallest absolute Gasteiger partial charge is 0.235 e. The van der Waals surface area contributed by atoms with Crippen molar-refractivity contribution in [3.05, 3.63) is 65.4 Å². The Labute approximate surface area is 188 Å². The molecule has 2 aromatic rings. The zero-order chi connectivity index (χ0) is 22.9. The number of hydrogen-bond donors (Lipinski definition) is 1. The Bertz CT molecular complexity index is 998. The molecule has 0 unspecified atom stereocenters. The first-order valence-electron chi connectivity index (χ1n) is 10.6. The maximum absolute atomic E-state index is 12.7. The fourth-order valence-corrected chi connectivity index (χ4v) is 4.78. The second kappa shape index (κ2) is 11.3. The second-order valence-electron chi connectivity index (χ2n) is 7.92. The SMILES string of the molecule is O=C(CS(=O)(=O)Cc1ccco1)NC/C=C/COc1cc(C[N+]2([O-])CCCCC2)ccn1. The zero-order valence-electron chi connectivity index (χ0n) is 17.9. The van der Waals surface area contributed by atoms with Crippen molar-refractivity contribution in [3.8, 4) is 5.88 Å². The minimum Gasteiger partial charge on any atom is -0.633 e. The van der Waals surface area contributed by atoms with E-state index >= 15 is 0 Å². The Morgan fingerprint density at radius 1 is 1.25 bits per heavy atom. The molecule has 0 spiro atoms. The van der Waals surface area contributed by atoms with Crippen LogP contribution >= 0.6 is 0 Å². The lowest BCUT2D eigenvalue weighted by Gasteiger charge is -2.45. The fourth-order valence-electron chi connectivity index (χ4n) is 3.58. The summed E-state index contributed by atoms with van der Waals surface area (Å²) in [4.78, 5) is 16.0. The number of quaternary nitrogens is 1. The highest BCUT2D eigenvalue weighted by Crippen LogP contribution is 2.22. The number of sulfone groups is 1. The molecule has 1 aliphatic heterocycles. The quantitative estimate of drug-likeness (QED) is 0.308. The van der Waals surface area contributed by atoms with Crippen molar-refractivity contribution >= 4 is 15.7 Å². The van der Waals surface area contributed by atoms with Gasteiger partial charge in [-0.15, -0.1) is 0 Å². The molecule has 1 N–H and O–H groups in total. The highest BCUT2D eigenvalue weighted by molar-refractivity contribution is 7.91. The number of carbonyl (C=O) groups is 1. The number of hydroxylamine groups is 3. The minimum absolute atomic E-state index is 0.183. The summed E-state index contributed by atoms with van der Waals surface area (Å²) in [7, 11) is -3.59. The van der Waals surface area contributed by atoms with Gasteiger partial charge in [-0.1, -0.05) is 6.08 Å². The number of likely N-dealkylation sites (tertiary alicyclic amines) is 1. The van der Waals surface area contributed by atoms with Gasteiger partial charge in [0, 0.05) is 24.4 Å². The van der Waals surface area contributed by atoms with Crippen LogP contribution in [-0.2, 0) is 26.9 Å². The molecular weight excluding hydrogens is 434 g/mol. The number of pyridine rings is 1. The van der Waals surface area contributed by atoms with Gasteiger partial charge in [-0.3, -0.25) is 4.79 Å². The van der Waals surface area contributed by atoms with E-state index in [-0.39, 0.29) is 23.6 Å². The monoisotopic (exact) mass is 463 g/mol. The lowest BCUT2D eigenvalue weighted by molar-refractivity contribution is -0.898. The molecule has 3 rings (SSSR count). The maximum atomic E-state index is 12.7. The van der Waals surface area contributed by atoms with Crippen LogP contribution in [0.5, 0.6) is 5.88 Å². The number of hydrogen-bond acceptors (Lipinski definition) is 7. The normalized spacial score (nSPS) is 16.2. The van der Waals surface area contributed by atoms with Gasteiger partial charge in [-0.05, 0) is 43.5 Å². The Morgan fingerprint density at radius 2 is 2.06 bits per heavy atom. The minimum atomic E-state index is -3.59. The van der Waals surface area contributed by atoms with Crippen LogP contribution in [0.25, 0.3) is 0 Å². The van der Waals surface area contributed by atoms with E-state index in [1.807, 2.05) is 6.07 Å². The largest absolute Gasteiger partial charge is 0.633 e. The van der Waals surface area contributed by atoms with Crippen molar-refractivity contribution in [2.45, 2.75) is 31.6 Å². The van der Waals surface area contributed by atoms with Gasteiger partial charge in [0.25, 0.3) is 0 Å². The summed E-state index contributed by atoms with van der Waals surface area (Å²) in [6.45, 7) is 2.14. The van der Waals surface area contributed by atoms with E-state index in [2.05, 4.69) is 10.3 Å². The molecule has 3 heterocycles. The van der Waals surface area contributed by atoms with Crippen LogP contribution in [0.1, 0.15) is 30.6 Å². The van der Waals surface area contributed by atoms with Crippen molar-refractivity contribution in [1.29, 1.82) is 0 Å². The highest BCUT2D eigenvalue weighted by Gasteiger charge is 2.21. The van der Waals surface area contributed by atoms with E-state index in [1.54, 1.807) is 36.5 Å². The van der Waals surface area contributed by atoms with Gasteiger partial charge in [-0.25, -0.2) is 13.4 Å². The van der Waals surface area contributed by atoms with Crippen LogP contribution < -0.4 is 10.1 Å². The van der Waals surface area contributed by atoms with Gasteiger partial charge in [0.15, 0.2) is 9.84 Å². The number of amides is 1. The predicted octanol–water partition coefficient (Wildman–Crippen LogP) is 2.34. The van der Waals surface area contributed by atoms with Gasteiger partial charge in [0.2, 0.25) is 11.8 Å². The van der Waals surface area contributed by atoms with Gasteiger partial charge >= 0.3 is 0 Å². The van der Waals surface area contributed by atoms with Crippen molar-refractivity contribution in [1.82, 2.24) is 10.3 Å². The van der Waals surface area contributed by atoms with Crippen molar-refractivity contribution < 1.29 is 27.0 Å². The fraction of sp³-hybridized carbons (Fsp3) is 0.455. The zero-order valence-corrected chi connectivity index (χ0v) is 18.8. The van der Waals surface area contributed by atoms with Gasteiger partial charge in [0.1, 0.15) is 30.4 Å². The van der Waals surface area contributed by atoms with Crippen LogP contribution in [-0.4, -0.2) is 55.9 Å². The standard InChI is InChI=1S/C22H29N3O6S/c26-21(18-32(28,29)17-20-7-6-14-30-20)23-9-2-5-13-31-22-15-19(8-10-24-22)16-25(27)11-3-1-4-12-25/h2,5-8,10,14-15H,1,3-4,9,11-13,16-18H2,(H,23,26)/b5-2+. The first kappa shape index (κ1) is 24.0. The van der Waals surface area contributed by atoms with E-state index in [0.717, 1.165) is 24.8 Å². The average Bonchev–Trinajstić information content (AvgIpc) is 3.23. The molecule has 0 bridgehead atoms. The Hall–Kier alpha value is -2.69. The van der Waals surface area contributed by atoms with Crippen LogP contribution in [0.4, 0.5) is 0 Å². The third kappa shape index (κ3) is 8.10. The number of piperidine rings is 1. The molecule has 0 saturated carbocycles. The van der Waals surface area contributed by atoms with Crippen LogP contribution in [0.2, 0.25) is 0 Å². The van der Waals surface area contributed by atoms with Crippen molar-refractivity contribution in [2.24, 2.45) is 0 Å². The van der Waals surface area contributed by atoms with Gasteiger partial charge in [0.05, 0.1) is 19.4 Å². The third-order valence-corrected chi connectivity index (χ3v) is 6.53. The van der Waals surface area contributed by atoms with Gasteiger partial charge < -0.3 is 24.3 Å². The van der Waals surface area contributed by atoms with E-state index in [4.69, 9.17) is 9.15 Å². The number of carbonyl (C=O) groups excluding carboxylic acids is 1. The average molecular weight is 464 g/mol. The maximum Gasteiger partial charge on any atom is 0.235 e.